The molecular weight excluding hydrogens is 616 g/mol. The molecule has 10 heteroatoms. The van der Waals surface area contributed by atoms with Crippen LogP contribution >= 0.6 is 0 Å². The zero-order chi connectivity index (χ0) is 35.2. The van der Waals surface area contributed by atoms with Crippen LogP contribution in [0.1, 0.15) is 103 Å². The smallest absolute Gasteiger partial charge is 0.298 e. The number of carbonyl (C=O) groups is 3. The van der Waals surface area contributed by atoms with Gasteiger partial charge in [-0.2, -0.15) is 0 Å². The van der Waals surface area contributed by atoms with Crippen molar-refractivity contribution in [2.75, 3.05) is 0 Å². The molecule has 1 spiro atoms. The molecule has 7 rings (SSSR count). The molecule has 6 aliphatic rings. The third-order valence-corrected chi connectivity index (χ3v) is 10.9. The Morgan fingerprint density at radius 3 is 2.48 bits per heavy atom. The van der Waals surface area contributed by atoms with Gasteiger partial charge in [-0.1, -0.05) is 17.7 Å². The van der Waals surface area contributed by atoms with Gasteiger partial charge in [0, 0.05) is 35.8 Å². The third-order valence-electron chi connectivity index (χ3n) is 10.9. The van der Waals surface area contributed by atoms with Crippen LogP contribution in [-0.2, 0) is 25.5 Å². The van der Waals surface area contributed by atoms with Crippen molar-refractivity contribution in [2.45, 2.75) is 122 Å². The molecule has 3 N–H and O–H groups in total. The second kappa shape index (κ2) is 11.1. The van der Waals surface area contributed by atoms with Crippen LogP contribution in [0.2, 0.25) is 0 Å². The second-order valence-corrected chi connectivity index (χ2v) is 15.5. The summed E-state index contributed by atoms with van der Waals surface area (Å²) in [6, 6.07) is 0. The molecule has 3 unspecified atom stereocenters. The summed E-state index contributed by atoms with van der Waals surface area (Å²) in [6.45, 7) is 14.6. The molecule has 3 aliphatic carbocycles. The maximum Gasteiger partial charge on any atom is 0.298 e. The molecule has 1 saturated heterocycles. The van der Waals surface area contributed by atoms with Gasteiger partial charge in [0.1, 0.15) is 34.2 Å². The molecular formula is C38H46O10. The summed E-state index contributed by atoms with van der Waals surface area (Å²) in [5.74, 6) is -1.65. The molecule has 0 amide bonds. The van der Waals surface area contributed by atoms with E-state index in [9.17, 15) is 29.7 Å². The Morgan fingerprint density at radius 1 is 1.12 bits per heavy atom. The van der Waals surface area contributed by atoms with Gasteiger partial charge in [-0.15, -0.1) is 0 Å². The maximum atomic E-state index is 14.8. The summed E-state index contributed by atoms with van der Waals surface area (Å²) in [5, 5.41) is 33.9. The molecule has 3 aliphatic heterocycles. The van der Waals surface area contributed by atoms with Crippen LogP contribution in [-0.4, -0.2) is 67.5 Å². The molecule has 10 nitrogen and oxygen atoms in total. The molecule has 0 radical (unpaired) electrons. The first kappa shape index (κ1) is 34.1. The van der Waals surface area contributed by atoms with Gasteiger partial charge >= 0.3 is 0 Å². The monoisotopic (exact) mass is 662 g/mol. The summed E-state index contributed by atoms with van der Waals surface area (Å²) >= 11 is 0. The Balaban J connectivity index is 1.59. The van der Waals surface area contributed by atoms with Gasteiger partial charge < -0.3 is 34.3 Å². The molecule has 6 atom stereocenters. The van der Waals surface area contributed by atoms with Crippen molar-refractivity contribution >= 4 is 24.1 Å². The molecule has 258 valence electrons. The second-order valence-electron chi connectivity index (χ2n) is 15.5. The zero-order valence-corrected chi connectivity index (χ0v) is 28.9. The van der Waals surface area contributed by atoms with Crippen molar-refractivity contribution in [3.05, 3.63) is 57.9 Å². The number of fused-ring (bicyclic) bond motifs is 2. The Labute approximate surface area is 281 Å². The van der Waals surface area contributed by atoms with Gasteiger partial charge in [0.25, 0.3) is 6.47 Å². The fraction of sp³-hybridized carbons (Fsp3) is 0.553. The number of benzene rings is 1. The van der Waals surface area contributed by atoms with E-state index in [1.807, 2.05) is 40.7 Å². The lowest BCUT2D eigenvalue weighted by Crippen LogP contribution is -2.72. The summed E-state index contributed by atoms with van der Waals surface area (Å²) < 4.78 is 25.5. The summed E-state index contributed by atoms with van der Waals surface area (Å²) in [6.07, 6.45) is 9.12. The number of hydrogen-bond acceptors (Lipinski definition) is 10. The Bertz CT molecular complexity index is 1720. The number of aliphatic hydroxyl groups excluding tert-OH is 1. The van der Waals surface area contributed by atoms with Gasteiger partial charge in [0.2, 0.25) is 0 Å². The number of aromatic hydroxyl groups is 1. The van der Waals surface area contributed by atoms with Crippen molar-refractivity contribution in [3.8, 4) is 17.2 Å². The van der Waals surface area contributed by atoms with Crippen LogP contribution in [0.15, 0.2) is 41.2 Å². The first-order chi connectivity index (χ1) is 22.3. The van der Waals surface area contributed by atoms with Gasteiger partial charge in [0.05, 0.1) is 22.9 Å². The molecule has 1 saturated carbocycles. The maximum absolute atomic E-state index is 14.8. The van der Waals surface area contributed by atoms with Crippen molar-refractivity contribution in [1.82, 2.24) is 0 Å². The predicted octanol–water partition coefficient (Wildman–Crippen LogP) is 5.45. The minimum Gasteiger partial charge on any atom is -0.506 e. The highest BCUT2D eigenvalue weighted by atomic mass is 16.6. The summed E-state index contributed by atoms with van der Waals surface area (Å²) in [5.41, 5.74) is -4.63. The van der Waals surface area contributed by atoms with E-state index in [4.69, 9.17) is 18.9 Å². The number of ether oxygens (including phenoxy) is 4. The Kier molecular flexibility index (Phi) is 7.93. The minimum atomic E-state index is -1.66. The topological polar surface area (TPSA) is 149 Å². The van der Waals surface area contributed by atoms with Crippen molar-refractivity contribution in [1.29, 1.82) is 0 Å². The molecule has 3 heterocycles. The standard InChI is InChI=1S/C38H46O10/c1-20(2)10-9-13-36(8)14-12-23-29(41)28-30(42)25-16-22-17-26-35(6,7)48-37(33(22)43,15-11-21(3)45-19-39)38(25,26)47-32(28)24(31(23)46-36)18-27(40)34(4,5)44/h10-12,14,16,19,22,26-27,40-41,44H,9,13,15,17-18H2,1-8H3/t22-,26?,27?,36+,37?,38-/m1/s1. The lowest BCUT2D eigenvalue weighted by atomic mass is 9.51. The van der Waals surface area contributed by atoms with E-state index in [-0.39, 0.29) is 58.3 Å². The number of Topliss-reactive ketones (excluding diaryl/α,β-unsaturated/α-hetero) is 2. The number of carbonyl (C=O) groups excluding carboxylic acids is 3. The first-order valence-electron chi connectivity index (χ1n) is 16.6. The average Bonchev–Trinajstić information content (AvgIpc) is 3.14. The van der Waals surface area contributed by atoms with Gasteiger partial charge in [-0.3, -0.25) is 14.4 Å². The number of phenols is 1. The Morgan fingerprint density at radius 2 is 1.83 bits per heavy atom. The SMILES string of the molecule is CC(C)=CCC[C@@]1(C)C=Cc2c(O)c3c(c(CC(O)C(C)(C)O)c2O1)O[C@]12C(=C[C@@H]4CC1C(C)(C)OC2(CC=C(C)OC=O)C4=O)C3=O. The van der Waals surface area contributed by atoms with Crippen molar-refractivity contribution in [3.63, 3.8) is 0 Å². The van der Waals surface area contributed by atoms with E-state index in [0.29, 0.717) is 24.9 Å². The fourth-order valence-electron chi connectivity index (χ4n) is 8.34. The highest BCUT2D eigenvalue weighted by Gasteiger charge is 2.81. The molecule has 4 bridgehead atoms. The molecule has 1 aromatic carbocycles. The third kappa shape index (κ3) is 4.90. The van der Waals surface area contributed by atoms with Gasteiger partial charge in [-0.05, 0) is 92.9 Å². The minimum absolute atomic E-state index is 0.00711. The van der Waals surface area contributed by atoms with Crippen LogP contribution in [0.4, 0.5) is 0 Å². The van der Waals surface area contributed by atoms with Crippen LogP contribution in [0.3, 0.4) is 0 Å². The highest BCUT2D eigenvalue weighted by molar-refractivity contribution is 6.19. The average molecular weight is 663 g/mol. The zero-order valence-electron chi connectivity index (χ0n) is 28.9. The van der Waals surface area contributed by atoms with E-state index >= 15 is 0 Å². The number of rotatable bonds is 10. The van der Waals surface area contributed by atoms with Crippen LogP contribution < -0.4 is 9.47 Å². The van der Waals surface area contributed by atoms with E-state index in [1.165, 1.54) is 19.4 Å². The van der Waals surface area contributed by atoms with Crippen molar-refractivity contribution in [2.24, 2.45) is 11.8 Å². The van der Waals surface area contributed by atoms with Gasteiger partial charge in [0.15, 0.2) is 22.8 Å². The van der Waals surface area contributed by atoms with E-state index in [1.54, 1.807) is 25.2 Å². The molecule has 1 aromatic rings. The van der Waals surface area contributed by atoms with Crippen molar-refractivity contribution < 1.29 is 48.7 Å². The van der Waals surface area contributed by atoms with Crippen LogP contribution in [0.5, 0.6) is 17.2 Å². The number of allylic oxidation sites excluding steroid dienone is 4. The van der Waals surface area contributed by atoms with Gasteiger partial charge in [-0.25, -0.2) is 0 Å². The van der Waals surface area contributed by atoms with Crippen LogP contribution in [0.25, 0.3) is 6.08 Å². The molecule has 2 fully saturated rings. The van der Waals surface area contributed by atoms with E-state index in [2.05, 4.69) is 6.08 Å². The van der Waals surface area contributed by atoms with Crippen LogP contribution in [0, 0.1) is 11.8 Å². The predicted molar refractivity (Wildman–Crippen MR) is 177 cm³/mol. The molecule has 48 heavy (non-hydrogen) atoms. The highest BCUT2D eigenvalue weighted by Crippen LogP contribution is 2.68. The summed E-state index contributed by atoms with van der Waals surface area (Å²) in [7, 11) is 0. The Hall–Kier alpha value is -3.73. The lowest BCUT2D eigenvalue weighted by Gasteiger charge is -2.56. The lowest BCUT2D eigenvalue weighted by molar-refractivity contribution is -0.171. The normalized spacial score (nSPS) is 31.5. The number of ketones is 2. The number of phenolic OH excluding ortho intramolecular Hbond substituents is 1. The van der Waals surface area contributed by atoms with E-state index in [0.717, 1.165) is 6.42 Å². The number of hydrogen-bond donors (Lipinski definition) is 3. The number of aliphatic hydroxyl groups is 2. The summed E-state index contributed by atoms with van der Waals surface area (Å²) in [4.78, 5) is 40.2. The molecule has 0 aromatic heterocycles. The first-order valence-corrected chi connectivity index (χ1v) is 16.6. The quantitative estimate of drug-likeness (QED) is 0.168. The largest absolute Gasteiger partial charge is 0.506 e. The fourth-order valence-corrected chi connectivity index (χ4v) is 8.34. The van der Waals surface area contributed by atoms with E-state index < -0.39 is 51.7 Å².